The van der Waals surface area contributed by atoms with Gasteiger partial charge in [0, 0.05) is 25.2 Å². The van der Waals surface area contributed by atoms with Crippen LogP contribution in [0.2, 0.25) is 0 Å². The SMILES string of the molecule is Cc1ccc(-c2ccc(-c3cc(NCc4ccc5c(c4)OCO5)n(C)n3)cc2)cc1C. The van der Waals surface area contributed by atoms with Crippen molar-refractivity contribution in [1.29, 1.82) is 0 Å². The van der Waals surface area contributed by atoms with Crippen LogP contribution in [0.4, 0.5) is 5.82 Å². The van der Waals surface area contributed by atoms with Gasteiger partial charge in [-0.2, -0.15) is 5.10 Å². The average molecular weight is 412 g/mol. The van der Waals surface area contributed by atoms with Crippen LogP contribution >= 0.6 is 0 Å². The zero-order valence-electron chi connectivity index (χ0n) is 18.0. The molecule has 0 fully saturated rings. The molecule has 1 aliphatic rings. The van der Waals surface area contributed by atoms with Crippen LogP contribution in [-0.2, 0) is 13.6 Å². The third-order valence-corrected chi connectivity index (χ3v) is 5.81. The minimum Gasteiger partial charge on any atom is -0.454 e. The number of rotatable bonds is 5. The second-order valence-electron chi connectivity index (χ2n) is 7.96. The van der Waals surface area contributed by atoms with E-state index in [4.69, 9.17) is 9.47 Å². The molecule has 1 aromatic heterocycles. The summed E-state index contributed by atoms with van der Waals surface area (Å²) in [6, 6.07) is 23.3. The number of nitrogens with zero attached hydrogens (tertiary/aromatic N) is 2. The zero-order valence-corrected chi connectivity index (χ0v) is 18.0. The third kappa shape index (κ3) is 3.87. The minimum atomic E-state index is 0.291. The topological polar surface area (TPSA) is 48.3 Å². The Labute approximate surface area is 182 Å². The van der Waals surface area contributed by atoms with Gasteiger partial charge in [0.05, 0.1) is 5.69 Å². The highest BCUT2D eigenvalue weighted by atomic mass is 16.7. The van der Waals surface area contributed by atoms with E-state index in [0.29, 0.717) is 13.3 Å². The van der Waals surface area contributed by atoms with Crippen LogP contribution in [-0.4, -0.2) is 16.6 Å². The minimum absolute atomic E-state index is 0.291. The number of aromatic nitrogens is 2. The van der Waals surface area contributed by atoms with Crippen molar-refractivity contribution in [2.45, 2.75) is 20.4 Å². The van der Waals surface area contributed by atoms with Gasteiger partial charge in [-0.1, -0.05) is 48.5 Å². The predicted octanol–water partition coefficient (Wildman–Crippen LogP) is 5.71. The molecule has 5 nitrogen and oxygen atoms in total. The van der Waals surface area contributed by atoms with E-state index < -0.39 is 0 Å². The number of aryl methyl sites for hydroxylation is 3. The standard InChI is InChI=1S/C26H25N3O2/c1-17-4-6-22(12-18(17)2)20-7-9-21(10-8-20)23-14-26(29(3)28-23)27-15-19-5-11-24-25(13-19)31-16-30-24/h4-14,27H,15-16H2,1-3H3. The summed E-state index contributed by atoms with van der Waals surface area (Å²) >= 11 is 0. The maximum atomic E-state index is 5.46. The number of benzene rings is 3. The summed E-state index contributed by atoms with van der Waals surface area (Å²) in [5.41, 5.74) is 8.25. The molecule has 0 unspecified atom stereocenters. The first kappa shape index (κ1) is 19.2. The van der Waals surface area contributed by atoms with Crippen LogP contribution in [0.25, 0.3) is 22.4 Å². The lowest BCUT2D eigenvalue weighted by Gasteiger charge is -2.07. The fraction of sp³-hybridized carbons (Fsp3) is 0.192. The zero-order chi connectivity index (χ0) is 21.4. The van der Waals surface area contributed by atoms with Crippen LogP contribution in [0.3, 0.4) is 0 Å². The lowest BCUT2D eigenvalue weighted by atomic mass is 9.99. The van der Waals surface area contributed by atoms with Gasteiger partial charge in [0.25, 0.3) is 0 Å². The van der Waals surface area contributed by atoms with Crippen LogP contribution < -0.4 is 14.8 Å². The first-order valence-corrected chi connectivity index (χ1v) is 10.4. The van der Waals surface area contributed by atoms with Gasteiger partial charge < -0.3 is 14.8 Å². The summed E-state index contributed by atoms with van der Waals surface area (Å²) in [4.78, 5) is 0. The molecule has 156 valence electrons. The maximum Gasteiger partial charge on any atom is 0.231 e. The van der Waals surface area contributed by atoms with Gasteiger partial charge in [-0.3, -0.25) is 4.68 Å². The Morgan fingerprint density at radius 2 is 1.55 bits per heavy atom. The molecule has 0 saturated heterocycles. The Kier molecular flexibility index (Phi) is 4.86. The van der Waals surface area contributed by atoms with Crippen molar-refractivity contribution >= 4 is 5.82 Å². The molecule has 5 rings (SSSR count). The van der Waals surface area contributed by atoms with Gasteiger partial charge in [0.15, 0.2) is 11.5 Å². The summed E-state index contributed by atoms with van der Waals surface area (Å²) in [7, 11) is 1.95. The lowest BCUT2D eigenvalue weighted by molar-refractivity contribution is 0.174. The Morgan fingerprint density at radius 1 is 0.806 bits per heavy atom. The highest BCUT2D eigenvalue weighted by molar-refractivity contribution is 5.70. The first-order chi connectivity index (χ1) is 15.1. The van der Waals surface area contributed by atoms with Crippen molar-refractivity contribution in [2.75, 3.05) is 12.1 Å². The Hall–Kier alpha value is -3.73. The molecule has 0 saturated carbocycles. The van der Waals surface area contributed by atoms with E-state index in [0.717, 1.165) is 34.1 Å². The van der Waals surface area contributed by atoms with E-state index in [9.17, 15) is 0 Å². The fourth-order valence-electron chi connectivity index (χ4n) is 3.77. The van der Waals surface area contributed by atoms with Crippen molar-refractivity contribution < 1.29 is 9.47 Å². The summed E-state index contributed by atoms with van der Waals surface area (Å²) in [6.45, 7) is 5.27. The van der Waals surface area contributed by atoms with Gasteiger partial charge >= 0.3 is 0 Å². The van der Waals surface area contributed by atoms with Crippen LogP contribution in [0.15, 0.2) is 66.7 Å². The molecular formula is C26H25N3O2. The van der Waals surface area contributed by atoms with Crippen LogP contribution in [0, 0.1) is 13.8 Å². The number of fused-ring (bicyclic) bond motifs is 1. The second kappa shape index (κ2) is 7.84. The number of anilines is 1. The predicted molar refractivity (Wildman–Crippen MR) is 123 cm³/mol. The normalized spacial score (nSPS) is 12.2. The smallest absolute Gasteiger partial charge is 0.231 e. The van der Waals surface area contributed by atoms with Crippen molar-refractivity contribution in [2.24, 2.45) is 7.05 Å². The highest BCUT2D eigenvalue weighted by Crippen LogP contribution is 2.33. The molecule has 4 aromatic rings. The molecule has 0 spiro atoms. The largest absolute Gasteiger partial charge is 0.454 e. The molecule has 5 heteroatoms. The molecule has 0 amide bonds. The van der Waals surface area contributed by atoms with Crippen molar-refractivity contribution in [3.8, 4) is 33.9 Å². The quantitative estimate of drug-likeness (QED) is 0.457. The molecule has 0 atom stereocenters. The molecule has 0 radical (unpaired) electrons. The maximum absolute atomic E-state index is 5.46. The van der Waals surface area contributed by atoms with Crippen LogP contribution in [0.1, 0.15) is 16.7 Å². The van der Waals surface area contributed by atoms with Gasteiger partial charge in [-0.25, -0.2) is 0 Å². The van der Waals surface area contributed by atoms with E-state index in [1.807, 2.05) is 29.9 Å². The second-order valence-corrected chi connectivity index (χ2v) is 7.96. The van der Waals surface area contributed by atoms with E-state index in [1.165, 1.54) is 22.3 Å². The molecule has 0 bridgehead atoms. The first-order valence-electron chi connectivity index (χ1n) is 10.4. The van der Waals surface area contributed by atoms with Crippen LogP contribution in [0.5, 0.6) is 11.5 Å². The third-order valence-electron chi connectivity index (χ3n) is 5.81. The number of nitrogens with one attached hydrogen (secondary N) is 1. The molecule has 0 aliphatic carbocycles. The number of ether oxygens (including phenoxy) is 2. The Morgan fingerprint density at radius 3 is 2.35 bits per heavy atom. The molecule has 3 aromatic carbocycles. The lowest BCUT2D eigenvalue weighted by Crippen LogP contribution is -2.04. The fourth-order valence-corrected chi connectivity index (χ4v) is 3.77. The van der Waals surface area contributed by atoms with Gasteiger partial charge in [0.2, 0.25) is 6.79 Å². The number of hydrogen-bond acceptors (Lipinski definition) is 4. The van der Waals surface area contributed by atoms with E-state index in [1.54, 1.807) is 0 Å². The van der Waals surface area contributed by atoms with Crippen molar-refractivity contribution in [3.63, 3.8) is 0 Å². The monoisotopic (exact) mass is 411 g/mol. The summed E-state index contributed by atoms with van der Waals surface area (Å²) < 4.78 is 12.7. The van der Waals surface area contributed by atoms with Crippen molar-refractivity contribution in [1.82, 2.24) is 9.78 Å². The molecule has 2 heterocycles. The van der Waals surface area contributed by atoms with Crippen molar-refractivity contribution in [3.05, 3.63) is 83.4 Å². The Bertz CT molecular complexity index is 1240. The summed E-state index contributed by atoms with van der Waals surface area (Å²) in [6.07, 6.45) is 0. The Balaban J connectivity index is 1.31. The molecule has 1 aliphatic heterocycles. The molecule has 31 heavy (non-hydrogen) atoms. The molecule has 1 N–H and O–H groups in total. The average Bonchev–Trinajstić information content (AvgIpc) is 3.40. The summed E-state index contributed by atoms with van der Waals surface area (Å²) in [5, 5.41) is 8.15. The van der Waals surface area contributed by atoms with E-state index in [2.05, 4.69) is 72.8 Å². The van der Waals surface area contributed by atoms with Gasteiger partial charge in [-0.05, 0) is 53.8 Å². The molecular weight excluding hydrogens is 386 g/mol. The van der Waals surface area contributed by atoms with Gasteiger partial charge in [0.1, 0.15) is 5.82 Å². The highest BCUT2D eigenvalue weighted by Gasteiger charge is 2.13. The van der Waals surface area contributed by atoms with E-state index in [-0.39, 0.29) is 0 Å². The van der Waals surface area contributed by atoms with Gasteiger partial charge in [-0.15, -0.1) is 0 Å². The number of hydrogen-bond donors (Lipinski definition) is 1. The van der Waals surface area contributed by atoms with E-state index >= 15 is 0 Å². The summed E-state index contributed by atoms with van der Waals surface area (Å²) in [5.74, 6) is 2.57.